The monoisotopic (exact) mass is 581 g/mol. The highest BCUT2D eigenvalue weighted by Gasteiger charge is 2.52. The average molecular weight is 582 g/mol. The molecule has 0 bridgehead atoms. The van der Waals surface area contributed by atoms with Gasteiger partial charge in [0.25, 0.3) is 0 Å². The summed E-state index contributed by atoms with van der Waals surface area (Å²) in [4.78, 5) is 31.1. The van der Waals surface area contributed by atoms with Gasteiger partial charge in [0.15, 0.2) is 5.58 Å². The average Bonchev–Trinajstić information content (AvgIpc) is 3.67. The van der Waals surface area contributed by atoms with Gasteiger partial charge in [-0.15, -0.1) is 13.2 Å². The van der Waals surface area contributed by atoms with Crippen molar-refractivity contribution in [3.05, 3.63) is 43.3 Å². The Labute approximate surface area is 248 Å². The van der Waals surface area contributed by atoms with Gasteiger partial charge in [-0.1, -0.05) is 25.1 Å². The Morgan fingerprint density at radius 3 is 2.50 bits per heavy atom. The minimum atomic E-state index is -0.672. The zero-order valence-corrected chi connectivity index (χ0v) is 25.9. The topological polar surface area (TPSA) is 128 Å². The second-order valence-corrected chi connectivity index (χ2v) is 11.7. The first kappa shape index (κ1) is 32.9. The quantitative estimate of drug-likeness (QED) is 0.260. The number of methoxy groups -OCH3 is 1. The standard InChI is InChI=1S/C28H40BN5O6.C2H4/c1-17(2)23(33-26(36)37-8)25(35)34-13-9-10-18(34)14-31-22(16-30-7)19-11-12-21(20-15-32-38-24(19)20)29-39-27(3,4)28(5,6)40-29;1-2/h11-12,15-18,23,31H,7,9-10,13-14H2,1-6,8H3,(H,33,36);1-2H2/b22-16-;. The number of amides is 2. The molecule has 2 unspecified atom stereocenters. The van der Waals surface area contributed by atoms with Crippen LogP contribution in [0.15, 0.2) is 47.2 Å². The molecule has 2 N–H and O–H groups in total. The fourth-order valence-corrected chi connectivity index (χ4v) is 5.11. The maximum absolute atomic E-state index is 13.4. The highest BCUT2D eigenvalue weighted by Crippen LogP contribution is 2.37. The lowest BCUT2D eigenvalue weighted by atomic mass is 9.76. The van der Waals surface area contributed by atoms with E-state index < -0.39 is 30.5 Å². The van der Waals surface area contributed by atoms with Crippen molar-refractivity contribution >= 4 is 48.0 Å². The third-order valence-corrected chi connectivity index (χ3v) is 8.15. The van der Waals surface area contributed by atoms with Crippen molar-refractivity contribution in [2.24, 2.45) is 10.9 Å². The van der Waals surface area contributed by atoms with Crippen LogP contribution in [-0.4, -0.2) is 79.4 Å². The van der Waals surface area contributed by atoms with Crippen molar-refractivity contribution in [2.45, 2.75) is 77.7 Å². The van der Waals surface area contributed by atoms with Crippen LogP contribution in [0, 0.1) is 5.92 Å². The number of hydrogen-bond acceptors (Lipinski definition) is 9. The van der Waals surface area contributed by atoms with Gasteiger partial charge >= 0.3 is 13.2 Å². The van der Waals surface area contributed by atoms with Gasteiger partial charge < -0.3 is 34.1 Å². The van der Waals surface area contributed by atoms with Crippen molar-refractivity contribution in [1.82, 2.24) is 20.7 Å². The predicted molar refractivity (Wildman–Crippen MR) is 165 cm³/mol. The molecule has 2 atom stereocenters. The number of aliphatic imine (C=N–C) groups is 1. The number of alkyl carbamates (subject to hydrolysis) is 1. The highest BCUT2D eigenvalue weighted by atomic mass is 16.7. The molecule has 3 heterocycles. The van der Waals surface area contributed by atoms with Gasteiger partial charge in [0.2, 0.25) is 5.91 Å². The van der Waals surface area contributed by atoms with Crippen LogP contribution in [-0.2, 0) is 18.8 Å². The summed E-state index contributed by atoms with van der Waals surface area (Å²) in [5, 5.41) is 11.0. The number of benzene rings is 1. The lowest BCUT2D eigenvalue weighted by Gasteiger charge is -2.32. The number of fused-ring (bicyclic) bond motifs is 1. The van der Waals surface area contributed by atoms with Crippen LogP contribution in [0.1, 0.15) is 59.9 Å². The summed E-state index contributed by atoms with van der Waals surface area (Å²) in [6.07, 6.45) is 4.37. The van der Waals surface area contributed by atoms with Gasteiger partial charge in [0, 0.05) is 36.3 Å². The second kappa shape index (κ2) is 13.6. The number of nitrogens with zero attached hydrogens (tertiary/aromatic N) is 3. The van der Waals surface area contributed by atoms with Gasteiger partial charge in [-0.05, 0) is 64.7 Å². The van der Waals surface area contributed by atoms with Crippen LogP contribution in [0.3, 0.4) is 0 Å². The summed E-state index contributed by atoms with van der Waals surface area (Å²) < 4.78 is 23.0. The molecule has 0 aliphatic carbocycles. The van der Waals surface area contributed by atoms with E-state index in [1.807, 2.05) is 58.6 Å². The zero-order chi connectivity index (χ0) is 31.2. The molecule has 42 heavy (non-hydrogen) atoms. The molecular weight excluding hydrogens is 537 g/mol. The van der Waals surface area contributed by atoms with Crippen LogP contribution in [0.4, 0.5) is 4.79 Å². The van der Waals surface area contributed by atoms with E-state index in [4.69, 9.17) is 18.6 Å². The van der Waals surface area contributed by atoms with Crippen molar-refractivity contribution in [3.8, 4) is 0 Å². The molecule has 4 rings (SSSR count). The molecule has 0 spiro atoms. The Morgan fingerprint density at radius 1 is 1.24 bits per heavy atom. The van der Waals surface area contributed by atoms with Gasteiger partial charge in [-0.3, -0.25) is 9.79 Å². The highest BCUT2D eigenvalue weighted by molar-refractivity contribution is 6.65. The predicted octanol–water partition coefficient (Wildman–Crippen LogP) is 3.89. The summed E-state index contributed by atoms with van der Waals surface area (Å²) in [5.74, 6) is -0.218. The number of rotatable bonds is 9. The first-order valence-electron chi connectivity index (χ1n) is 14.2. The summed E-state index contributed by atoms with van der Waals surface area (Å²) in [6, 6.07) is 3.13. The number of carbonyl (C=O) groups excluding carboxylic acids is 2. The molecule has 0 saturated carbocycles. The largest absolute Gasteiger partial charge is 0.495 e. The van der Waals surface area contributed by atoms with E-state index in [-0.39, 0.29) is 17.9 Å². The summed E-state index contributed by atoms with van der Waals surface area (Å²) in [6.45, 7) is 22.6. The molecule has 228 valence electrons. The zero-order valence-electron chi connectivity index (χ0n) is 25.9. The van der Waals surface area contributed by atoms with E-state index in [2.05, 4.69) is 40.7 Å². The molecule has 1 aromatic carbocycles. The van der Waals surface area contributed by atoms with Crippen LogP contribution in [0.2, 0.25) is 0 Å². The molecule has 2 aromatic rings. The van der Waals surface area contributed by atoms with Crippen LogP contribution in [0.25, 0.3) is 16.7 Å². The Morgan fingerprint density at radius 2 is 1.90 bits per heavy atom. The normalized spacial score (nSPS) is 20.2. The van der Waals surface area contributed by atoms with E-state index in [1.165, 1.54) is 7.11 Å². The number of aromatic nitrogens is 1. The smallest absolute Gasteiger partial charge is 0.453 e. The van der Waals surface area contributed by atoms with E-state index in [9.17, 15) is 9.59 Å². The van der Waals surface area contributed by atoms with Crippen molar-refractivity contribution in [2.75, 3.05) is 20.2 Å². The molecule has 0 radical (unpaired) electrons. The minimum Gasteiger partial charge on any atom is -0.453 e. The molecule has 1 aromatic heterocycles. The second-order valence-electron chi connectivity index (χ2n) is 11.7. The van der Waals surface area contributed by atoms with Gasteiger partial charge in [-0.25, -0.2) is 4.79 Å². The SMILES string of the molecule is C=C.C=N/C=C(\NCC1CCCN1C(=O)C(NC(=O)OC)C(C)C)c1ccc(B2OC(C)(C)C(C)(C)O2)c2cnoc12. The molecule has 2 aliphatic heterocycles. The lowest BCUT2D eigenvalue weighted by Crippen LogP contribution is -2.53. The Bertz CT molecular complexity index is 1290. The Hall–Kier alpha value is -3.64. The fourth-order valence-electron chi connectivity index (χ4n) is 5.11. The van der Waals surface area contributed by atoms with E-state index in [0.717, 1.165) is 29.3 Å². The van der Waals surface area contributed by atoms with E-state index in [0.29, 0.717) is 24.4 Å². The van der Waals surface area contributed by atoms with Crippen LogP contribution in [0.5, 0.6) is 0 Å². The number of carbonyl (C=O) groups is 2. The molecule has 2 amide bonds. The van der Waals surface area contributed by atoms with Crippen molar-refractivity contribution < 1.29 is 28.2 Å². The molecule has 2 aliphatic rings. The first-order valence-corrected chi connectivity index (χ1v) is 14.2. The van der Waals surface area contributed by atoms with Gasteiger partial charge in [0.05, 0.1) is 30.2 Å². The lowest BCUT2D eigenvalue weighted by molar-refractivity contribution is -0.135. The van der Waals surface area contributed by atoms with Gasteiger partial charge in [-0.2, -0.15) is 0 Å². The number of nitrogens with one attached hydrogen (secondary N) is 2. The maximum atomic E-state index is 13.4. The Balaban J connectivity index is 0.00000237. The van der Waals surface area contributed by atoms with E-state index in [1.54, 1.807) is 12.4 Å². The number of ether oxygens (including phenoxy) is 1. The maximum Gasteiger partial charge on any atom is 0.495 e. The van der Waals surface area contributed by atoms with E-state index >= 15 is 0 Å². The van der Waals surface area contributed by atoms with Crippen molar-refractivity contribution in [3.63, 3.8) is 0 Å². The van der Waals surface area contributed by atoms with Crippen LogP contribution < -0.4 is 16.1 Å². The minimum absolute atomic E-state index is 0.0735. The first-order chi connectivity index (χ1) is 19.9. The van der Waals surface area contributed by atoms with Crippen LogP contribution >= 0.6 is 0 Å². The molecule has 12 heteroatoms. The summed E-state index contributed by atoms with van der Waals surface area (Å²) in [5.41, 5.74) is 1.87. The Kier molecular flexibility index (Phi) is 10.6. The molecule has 11 nitrogen and oxygen atoms in total. The molecular formula is C30H44BN5O6. The molecule has 2 saturated heterocycles. The number of likely N-dealkylation sites (tertiary alicyclic amines) is 1. The summed E-state index contributed by atoms with van der Waals surface area (Å²) >= 11 is 0. The van der Waals surface area contributed by atoms with Gasteiger partial charge in [0.1, 0.15) is 6.04 Å². The third-order valence-electron chi connectivity index (χ3n) is 8.15. The van der Waals surface area contributed by atoms with Crippen molar-refractivity contribution in [1.29, 1.82) is 0 Å². The third kappa shape index (κ3) is 6.70. The number of hydrogen-bond donors (Lipinski definition) is 2. The fraction of sp³-hybridized carbons (Fsp3) is 0.533. The molecule has 2 fully saturated rings. The summed E-state index contributed by atoms with van der Waals surface area (Å²) in [7, 11) is 0.721.